The number of carbonyl (C=O) groups excluding carboxylic acids is 1. The second-order valence-corrected chi connectivity index (χ2v) is 6.99. The number of nitrogens with one attached hydrogen (secondary N) is 1. The van der Waals surface area contributed by atoms with Crippen LogP contribution in [-0.4, -0.2) is 37.1 Å². The molecule has 5 nitrogen and oxygen atoms in total. The van der Waals surface area contributed by atoms with E-state index in [1.54, 1.807) is 25.1 Å². The molecule has 0 bridgehead atoms. The largest absolute Gasteiger partial charge is 0.479 e. The third-order valence-electron chi connectivity index (χ3n) is 4.46. The van der Waals surface area contributed by atoms with Crippen molar-refractivity contribution in [2.75, 3.05) is 13.2 Å². The third kappa shape index (κ3) is 3.80. The molecule has 1 N–H and O–H groups in total. The van der Waals surface area contributed by atoms with Gasteiger partial charge in [-0.1, -0.05) is 29.6 Å². The Labute approximate surface area is 151 Å². The van der Waals surface area contributed by atoms with Gasteiger partial charge in [-0.15, -0.1) is 0 Å². The van der Waals surface area contributed by atoms with Crippen molar-refractivity contribution < 1.29 is 19.0 Å². The summed E-state index contributed by atoms with van der Waals surface area (Å²) in [7, 11) is 0. The Bertz CT molecular complexity index is 604. The van der Waals surface area contributed by atoms with Crippen LogP contribution in [0, 0.1) is 0 Å². The van der Waals surface area contributed by atoms with Crippen LogP contribution in [-0.2, 0) is 14.3 Å². The highest BCUT2D eigenvalue weighted by Gasteiger charge is 2.47. The number of benzene rings is 1. The molecule has 132 valence electrons. The minimum Gasteiger partial charge on any atom is -0.479 e. The summed E-state index contributed by atoms with van der Waals surface area (Å²) in [6.45, 7) is 2.82. The molecule has 7 heteroatoms. The second kappa shape index (κ2) is 7.48. The highest BCUT2D eigenvalue weighted by molar-refractivity contribution is 6.35. The molecule has 0 radical (unpaired) electrons. The van der Waals surface area contributed by atoms with Crippen molar-refractivity contribution in [3.8, 4) is 5.75 Å². The van der Waals surface area contributed by atoms with Crippen LogP contribution in [0.3, 0.4) is 0 Å². The molecule has 2 fully saturated rings. The summed E-state index contributed by atoms with van der Waals surface area (Å²) in [4.78, 5) is 12.5. The zero-order chi connectivity index (χ0) is 17.2. The second-order valence-electron chi connectivity index (χ2n) is 6.15. The van der Waals surface area contributed by atoms with E-state index in [1.807, 2.05) is 0 Å². The van der Waals surface area contributed by atoms with Crippen LogP contribution in [0.1, 0.15) is 32.6 Å². The molecule has 1 spiro atoms. The Hall–Kier alpha value is -1.01. The zero-order valence-electron chi connectivity index (χ0n) is 13.5. The fourth-order valence-electron chi connectivity index (χ4n) is 3.22. The van der Waals surface area contributed by atoms with E-state index in [1.165, 1.54) is 0 Å². The normalized spacial score (nSPS) is 23.9. The first-order valence-corrected chi connectivity index (χ1v) is 8.96. The van der Waals surface area contributed by atoms with Gasteiger partial charge in [-0.3, -0.25) is 4.79 Å². The SMILES string of the molecule is C[C@@H](Oc1ccc(Cl)cc1Cl)C(=O)N[C@@H]1CCCCC12OCCO2. The van der Waals surface area contributed by atoms with Crippen molar-refractivity contribution in [3.05, 3.63) is 28.2 Å². The van der Waals surface area contributed by atoms with Gasteiger partial charge < -0.3 is 19.5 Å². The maximum atomic E-state index is 12.5. The summed E-state index contributed by atoms with van der Waals surface area (Å²) in [6.07, 6.45) is 3.02. The van der Waals surface area contributed by atoms with Crippen LogP contribution < -0.4 is 10.1 Å². The van der Waals surface area contributed by atoms with Gasteiger partial charge in [-0.2, -0.15) is 0 Å². The molecule has 3 rings (SSSR count). The Morgan fingerprint density at radius 1 is 1.33 bits per heavy atom. The van der Waals surface area contributed by atoms with Gasteiger partial charge in [-0.25, -0.2) is 0 Å². The minimum absolute atomic E-state index is 0.159. The van der Waals surface area contributed by atoms with Crippen molar-refractivity contribution >= 4 is 29.1 Å². The molecule has 1 saturated carbocycles. The lowest BCUT2D eigenvalue weighted by Crippen LogP contribution is -2.57. The van der Waals surface area contributed by atoms with Crippen LogP contribution in [0.4, 0.5) is 0 Å². The molecule has 2 aliphatic rings. The Balaban J connectivity index is 1.63. The summed E-state index contributed by atoms with van der Waals surface area (Å²) >= 11 is 12.0. The topological polar surface area (TPSA) is 56.8 Å². The van der Waals surface area contributed by atoms with E-state index in [4.69, 9.17) is 37.4 Å². The van der Waals surface area contributed by atoms with Crippen LogP contribution in [0.5, 0.6) is 5.75 Å². The summed E-state index contributed by atoms with van der Waals surface area (Å²) < 4.78 is 17.3. The molecular weight excluding hydrogens is 353 g/mol. The Morgan fingerprint density at radius 2 is 2.08 bits per heavy atom. The van der Waals surface area contributed by atoms with E-state index in [0.29, 0.717) is 29.0 Å². The number of halogens is 2. The van der Waals surface area contributed by atoms with E-state index >= 15 is 0 Å². The maximum absolute atomic E-state index is 12.5. The molecule has 0 aromatic heterocycles. The molecule has 1 aliphatic carbocycles. The van der Waals surface area contributed by atoms with Gasteiger partial charge >= 0.3 is 0 Å². The van der Waals surface area contributed by atoms with Crippen molar-refractivity contribution in [1.29, 1.82) is 0 Å². The Kier molecular flexibility index (Phi) is 5.55. The smallest absolute Gasteiger partial charge is 0.261 e. The number of hydrogen-bond acceptors (Lipinski definition) is 4. The summed E-state index contributed by atoms with van der Waals surface area (Å²) in [5.74, 6) is -0.465. The van der Waals surface area contributed by atoms with Crippen molar-refractivity contribution in [2.24, 2.45) is 0 Å². The molecule has 1 aromatic carbocycles. The monoisotopic (exact) mass is 373 g/mol. The number of amides is 1. The minimum atomic E-state index is -0.691. The van der Waals surface area contributed by atoms with E-state index in [2.05, 4.69) is 5.32 Å². The van der Waals surface area contributed by atoms with Gasteiger partial charge in [0.2, 0.25) is 0 Å². The third-order valence-corrected chi connectivity index (χ3v) is 4.99. The fraction of sp³-hybridized carbons (Fsp3) is 0.588. The van der Waals surface area contributed by atoms with E-state index in [-0.39, 0.29) is 11.9 Å². The lowest BCUT2D eigenvalue weighted by Gasteiger charge is -2.39. The van der Waals surface area contributed by atoms with E-state index in [9.17, 15) is 4.79 Å². The number of hydrogen-bond donors (Lipinski definition) is 1. The van der Waals surface area contributed by atoms with Crippen molar-refractivity contribution in [2.45, 2.75) is 50.5 Å². The van der Waals surface area contributed by atoms with Gasteiger partial charge in [0.15, 0.2) is 11.9 Å². The summed E-state index contributed by atoms with van der Waals surface area (Å²) in [6, 6.07) is 4.75. The fourth-order valence-corrected chi connectivity index (χ4v) is 3.67. The maximum Gasteiger partial charge on any atom is 0.261 e. The summed E-state index contributed by atoms with van der Waals surface area (Å²) in [5, 5.41) is 3.91. The molecule has 1 heterocycles. The first-order valence-electron chi connectivity index (χ1n) is 8.20. The first kappa shape index (κ1) is 17.8. The predicted molar refractivity (Wildman–Crippen MR) is 91.6 cm³/mol. The van der Waals surface area contributed by atoms with Crippen molar-refractivity contribution in [3.63, 3.8) is 0 Å². The quantitative estimate of drug-likeness (QED) is 0.876. The standard InChI is InChI=1S/C17H21Cl2NO4/c1-11(24-14-6-5-12(18)10-13(14)19)16(21)20-15-4-2-3-7-17(15)22-8-9-23-17/h5-6,10-11,15H,2-4,7-9H2,1H3,(H,20,21)/t11-,15-/m1/s1. The molecule has 1 saturated heterocycles. The average molecular weight is 374 g/mol. The van der Waals surface area contributed by atoms with Crippen LogP contribution in [0.15, 0.2) is 18.2 Å². The molecule has 24 heavy (non-hydrogen) atoms. The highest BCUT2D eigenvalue weighted by atomic mass is 35.5. The summed E-state index contributed by atoms with van der Waals surface area (Å²) in [5.41, 5.74) is 0. The predicted octanol–water partition coefficient (Wildman–Crippen LogP) is 3.56. The van der Waals surface area contributed by atoms with Gasteiger partial charge in [0.1, 0.15) is 5.75 Å². The first-order chi connectivity index (χ1) is 11.5. The lowest BCUT2D eigenvalue weighted by molar-refractivity contribution is -0.197. The molecule has 1 amide bonds. The van der Waals surface area contributed by atoms with Crippen LogP contribution in [0.2, 0.25) is 10.0 Å². The molecule has 2 atom stereocenters. The van der Waals surface area contributed by atoms with Crippen LogP contribution in [0.25, 0.3) is 0 Å². The zero-order valence-corrected chi connectivity index (χ0v) is 15.0. The number of rotatable bonds is 4. The van der Waals surface area contributed by atoms with Gasteiger partial charge in [-0.05, 0) is 38.0 Å². The average Bonchev–Trinajstić information content (AvgIpc) is 3.01. The Morgan fingerprint density at radius 3 is 2.79 bits per heavy atom. The van der Waals surface area contributed by atoms with Gasteiger partial charge in [0.05, 0.1) is 24.3 Å². The molecule has 1 aliphatic heterocycles. The number of carbonyl (C=O) groups is 1. The molecule has 0 unspecified atom stereocenters. The van der Waals surface area contributed by atoms with E-state index in [0.717, 1.165) is 25.7 Å². The van der Waals surface area contributed by atoms with E-state index < -0.39 is 11.9 Å². The number of ether oxygens (including phenoxy) is 3. The highest BCUT2D eigenvalue weighted by Crippen LogP contribution is 2.36. The van der Waals surface area contributed by atoms with Crippen molar-refractivity contribution in [1.82, 2.24) is 5.32 Å². The van der Waals surface area contributed by atoms with Gasteiger partial charge in [0.25, 0.3) is 5.91 Å². The molecule has 1 aromatic rings. The van der Waals surface area contributed by atoms with Crippen LogP contribution >= 0.6 is 23.2 Å². The van der Waals surface area contributed by atoms with Gasteiger partial charge in [0, 0.05) is 11.4 Å². The lowest BCUT2D eigenvalue weighted by atomic mass is 9.89. The molecular formula is C17H21Cl2NO4.